The van der Waals surface area contributed by atoms with E-state index in [0.717, 1.165) is 34.4 Å². The van der Waals surface area contributed by atoms with E-state index >= 15 is 0 Å². The van der Waals surface area contributed by atoms with Gasteiger partial charge in [-0.05, 0) is 47.0 Å². The number of ether oxygens (including phenoxy) is 2. The van der Waals surface area contributed by atoms with E-state index in [1.54, 1.807) is 7.11 Å². The maximum atomic E-state index is 10.9. The first-order chi connectivity index (χ1) is 12.1. The SMILES string of the molecule is COc1cccc(Oc2ccc3cc(CCNC(C)=O)ccc3c2)c1. The van der Waals surface area contributed by atoms with Crippen LogP contribution in [0.4, 0.5) is 0 Å². The lowest BCUT2D eigenvalue weighted by atomic mass is 10.0. The number of hydrogen-bond acceptors (Lipinski definition) is 3. The molecule has 0 radical (unpaired) electrons. The molecule has 0 aliphatic carbocycles. The number of carbonyl (C=O) groups is 1. The maximum absolute atomic E-state index is 10.9. The zero-order valence-electron chi connectivity index (χ0n) is 14.4. The first kappa shape index (κ1) is 16.8. The van der Waals surface area contributed by atoms with Crippen LogP contribution in [0.1, 0.15) is 12.5 Å². The summed E-state index contributed by atoms with van der Waals surface area (Å²) in [6, 6.07) is 19.9. The Morgan fingerprint density at radius 1 is 0.920 bits per heavy atom. The summed E-state index contributed by atoms with van der Waals surface area (Å²) in [6.45, 7) is 2.18. The molecule has 0 saturated heterocycles. The first-order valence-corrected chi connectivity index (χ1v) is 8.23. The van der Waals surface area contributed by atoms with Gasteiger partial charge in [-0.1, -0.05) is 30.3 Å². The van der Waals surface area contributed by atoms with Crippen molar-refractivity contribution in [2.24, 2.45) is 0 Å². The predicted molar refractivity (Wildman–Crippen MR) is 99.4 cm³/mol. The highest BCUT2D eigenvalue weighted by Gasteiger charge is 2.03. The number of rotatable bonds is 6. The fourth-order valence-corrected chi connectivity index (χ4v) is 2.68. The topological polar surface area (TPSA) is 47.6 Å². The number of methoxy groups -OCH3 is 1. The van der Waals surface area contributed by atoms with Crippen LogP contribution in [0.2, 0.25) is 0 Å². The molecule has 3 aromatic carbocycles. The quantitative estimate of drug-likeness (QED) is 0.730. The third-order valence-electron chi connectivity index (χ3n) is 3.94. The average Bonchev–Trinajstić information content (AvgIpc) is 2.61. The molecule has 0 unspecified atom stereocenters. The minimum absolute atomic E-state index is 0.000113. The maximum Gasteiger partial charge on any atom is 0.216 e. The molecule has 0 aliphatic rings. The normalized spacial score (nSPS) is 10.5. The molecule has 0 aromatic heterocycles. The number of nitrogens with one attached hydrogen (secondary N) is 1. The molecule has 0 saturated carbocycles. The summed E-state index contributed by atoms with van der Waals surface area (Å²) < 4.78 is 11.1. The Morgan fingerprint density at radius 2 is 1.64 bits per heavy atom. The number of benzene rings is 3. The molecular formula is C21H21NO3. The molecule has 0 aliphatic heterocycles. The summed E-state index contributed by atoms with van der Waals surface area (Å²) in [5, 5.41) is 5.08. The van der Waals surface area contributed by atoms with E-state index < -0.39 is 0 Å². The standard InChI is InChI=1S/C21H21NO3/c1-15(23)22-11-10-16-6-7-18-13-21(9-8-17(18)12-16)25-20-5-3-4-19(14-20)24-2/h3-9,12-14H,10-11H2,1-2H3,(H,22,23). The van der Waals surface area contributed by atoms with Crippen LogP contribution < -0.4 is 14.8 Å². The Morgan fingerprint density at radius 3 is 2.44 bits per heavy atom. The van der Waals surface area contributed by atoms with Gasteiger partial charge in [-0.15, -0.1) is 0 Å². The van der Waals surface area contributed by atoms with Gasteiger partial charge in [-0.25, -0.2) is 0 Å². The van der Waals surface area contributed by atoms with E-state index in [-0.39, 0.29) is 5.91 Å². The van der Waals surface area contributed by atoms with Gasteiger partial charge in [0.15, 0.2) is 0 Å². The van der Waals surface area contributed by atoms with Crippen molar-refractivity contribution in [3.05, 3.63) is 66.2 Å². The Labute approximate surface area is 147 Å². The van der Waals surface area contributed by atoms with E-state index in [9.17, 15) is 4.79 Å². The van der Waals surface area contributed by atoms with Gasteiger partial charge in [0.05, 0.1) is 7.11 Å². The zero-order chi connectivity index (χ0) is 17.6. The minimum atomic E-state index is 0.000113. The fraction of sp³-hybridized carbons (Fsp3) is 0.190. The van der Waals surface area contributed by atoms with Crippen LogP contribution >= 0.6 is 0 Å². The number of fused-ring (bicyclic) bond motifs is 1. The summed E-state index contributed by atoms with van der Waals surface area (Å²) in [7, 11) is 1.64. The molecule has 128 valence electrons. The van der Waals surface area contributed by atoms with Crippen LogP contribution in [-0.2, 0) is 11.2 Å². The Hall–Kier alpha value is -3.01. The van der Waals surface area contributed by atoms with E-state index in [2.05, 4.69) is 23.5 Å². The lowest BCUT2D eigenvalue weighted by molar-refractivity contribution is -0.118. The van der Waals surface area contributed by atoms with E-state index in [4.69, 9.17) is 9.47 Å². The van der Waals surface area contributed by atoms with E-state index in [0.29, 0.717) is 6.54 Å². The summed E-state index contributed by atoms with van der Waals surface area (Å²) in [6.07, 6.45) is 0.817. The Balaban J connectivity index is 1.74. The van der Waals surface area contributed by atoms with Crippen molar-refractivity contribution >= 4 is 16.7 Å². The highest BCUT2D eigenvalue weighted by molar-refractivity contribution is 5.84. The monoisotopic (exact) mass is 335 g/mol. The van der Waals surface area contributed by atoms with Crippen molar-refractivity contribution in [2.45, 2.75) is 13.3 Å². The smallest absolute Gasteiger partial charge is 0.216 e. The molecule has 1 N–H and O–H groups in total. The van der Waals surface area contributed by atoms with Crippen molar-refractivity contribution in [1.29, 1.82) is 0 Å². The molecular weight excluding hydrogens is 314 g/mol. The van der Waals surface area contributed by atoms with Crippen molar-refractivity contribution in [1.82, 2.24) is 5.32 Å². The number of carbonyl (C=O) groups excluding carboxylic acids is 1. The van der Waals surface area contributed by atoms with Crippen LogP contribution in [0.3, 0.4) is 0 Å². The predicted octanol–water partition coefficient (Wildman–Crippen LogP) is 4.32. The van der Waals surface area contributed by atoms with Crippen molar-refractivity contribution < 1.29 is 14.3 Å². The highest BCUT2D eigenvalue weighted by Crippen LogP contribution is 2.28. The largest absolute Gasteiger partial charge is 0.497 e. The first-order valence-electron chi connectivity index (χ1n) is 8.23. The summed E-state index contributed by atoms with van der Waals surface area (Å²) in [5.74, 6) is 2.29. The van der Waals surface area contributed by atoms with Crippen LogP contribution in [0.15, 0.2) is 60.7 Å². The van der Waals surface area contributed by atoms with Gasteiger partial charge >= 0.3 is 0 Å². The van der Waals surface area contributed by atoms with Gasteiger partial charge in [0.1, 0.15) is 17.2 Å². The Kier molecular flexibility index (Phi) is 5.19. The van der Waals surface area contributed by atoms with Crippen LogP contribution in [-0.4, -0.2) is 19.6 Å². The zero-order valence-corrected chi connectivity index (χ0v) is 14.4. The second-order valence-electron chi connectivity index (χ2n) is 5.86. The van der Waals surface area contributed by atoms with E-state index in [1.165, 1.54) is 12.5 Å². The Bertz CT molecular complexity index is 889. The third kappa shape index (κ3) is 4.51. The van der Waals surface area contributed by atoms with Crippen molar-refractivity contribution in [2.75, 3.05) is 13.7 Å². The molecule has 1 amide bonds. The van der Waals surface area contributed by atoms with Gasteiger partial charge in [-0.3, -0.25) is 4.79 Å². The molecule has 3 aromatic rings. The lowest BCUT2D eigenvalue weighted by Gasteiger charge is -2.09. The molecule has 0 heterocycles. The molecule has 3 rings (SSSR count). The van der Waals surface area contributed by atoms with Gasteiger partial charge in [0.25, 0.3) is 0 Å². The molecule has 4 heteroatoms. The van der Waals surface area contributed by atoms with Gasteiger partial charge in [-0.2, -0.15) is 0 Å². The fourth-order valence-electron chi connectivity index (χ4n) is 2.68. The van der Waals surface area contributed by atoms with Crippen molar-refractivity contribution in [3.63, 3.8) is 0 Å². The summed E-state index contributed by atoms with van der Waals surface area (Å²) in [5.41, 5.74) is 1.20. The molecule has 0 spiro atoms. The summed E-state index contributed by atoms with van der Waals surface area (Å²) >= 11 is 0. The van der Waals surface area contributed by atoms with Gasteiger partial charge in [0.2, 0.25) is 5.91 Å². The van der Waals surface area contributed by atoms with Gasteiger partial charge < -0.3 is 14.8 Å². The lowest BCUT2D eigenvalue weighted by Crippen LogP contribution is -2.22. The van der Waals surface area contributed by atoms with E-state index in [1.807, 2.05) is 42.5 Å². The third-order valence-corrected chi connectivity index (χ3v) is 3.94. The second-order valence-corrected chi connectivity index (χ2v) is 5.86. The molecule has 0 fully saturated rings. The van der Waals surface area contributed by atoms with Crippen LogP contribution in [0.5, 0.6) is 17.2 Å². The van der Waals surface area contributed by atoms with Crippen LogP contribution in [0.25, 0.3) is 10.8 Å². The average molecular weight is 335 g/mol. The van der Waals surface area contributed by atoms with Crippen LogP contribution in [0, 0.1) is 0 Å². The molecule has 0 atom stereocenters. The molecule has 4 nitrogen and oxygen atoms in total. The van der Waals surface area contributed by atoms with Gasteiger partial charge in [0, 0.05) is 19.5 Å². The highest BCUT2D eigenvalue weighted by atomic mass is 16.5. The molecule has 0 bridgehead atoms. The summed E-state index contributed by atoms with van der Waals surface area (Å²) in [4.78, 5) is 10.9. The number of amides is 1. The molecule has 25 heavy (non-hydrogen) atoms. The second kappa shape index (κ2) is 7.71. The minimum Gasteiger partial charge on any atom is -0.497 e. The number of hydrogen-bond donors (Lipinski definition) is 1. The van der Waals surface area contributed by atoms with Crippen molar-refractivity contribution in [3.8, 4) is 17.2 Å².